The Balaban J connectivity index is 3.32. The second kappa shape index (κ2) is 7.52. The van der Waals surface area contributed by atoms with E-state index in [1.165, 1.54) is 6.07 Å². The molecule has 1 aromatic rings. The summed E-state index contributed by atoms with van der Waals surface area (Å²) in [6, 6.07) is 5.93. The molecule has 0 fully saturated rings. The second-order valence-corrected chi connectivity index (χ2v) is 4.62. The molecule has 1 aromatic carbocycles. The van der Waals surface area contributed by atoms with Crippen molar-refractivity contribution in [1.29, 1.82) is 0 Å². The molecular weight excluding hydrogens is 274 g/mol. The second-order valence-electron chi connectivity index (χ2n) is 4.15. The van der Waals surface area contributed by atoms with Crippen molar-refractivity contribution in [2.45, 2.75) is 6.04 Å². The summed E-state index contributed by atoms with van der Waals surface area (Å²) in [5.41, 5.74) is 6.28. The number of nitrogens with two attached hydrogens (primary N) is 1. The molecule has 2 N–H and O–H groups in total. The third-order valence-corrected chi connectivity index (χ3v) is 3.01. The molecule has 0 aliphatic carbocycles. The van der Waals surface area contributed by atoms with Crippen molar-refractivity contribution >= 4 is 22.9 Å². The zero-order valence-corrected chi connectivity index (χ0v) is 11.9. The largest absolute Gasteiger partial charge is 0.392 e. The first-order valence-electron chi connectivity index (χ1n) is 6.01. The fraction of sp³-hybridized carbons (Fsp3) is 0.214. The summed E-state index contributed by atoms with van der Waals surface area (Å²) in [7, 11) is 0. The Morgan fingerprint density at radius 2 is 1.95 bits per heavy atom. The van der Waals surface area contributed by atoms with Gasteiger partial charge in [-0.3, -0.25) is 15.0 Å². The van der Waals surface area contributed by atoms with E-state index in [2.05, 4.69) is 13.2 Å². The molecule has 1 atom stereocenters. The summed E-state index contributed by atoms with van der Waals surface area (Å²) < 4.78 is 0. The predicted molar refractivity (Wildman–Crippen MR) is 84.6 cm³/mol. The number of nitro groups is 1. The van der Waals surface area contributed by atoms with Gasteiger partial charge in [0, 0.05) is 19.2 Å². The molecule has 0 aliphatic heterocycles. The van der Waals surface area contributed by atoms with Crippen molar-refractivity contribution in [1.82, 2.24) is 4.90 Å². The Morgan fingerprint density at radius 1 is 1.40 bits per heavy atom. The summed E-state index contributed by atoms with van der Waals surface area (Å²) in [5, 5.41) is 11.1. The Hall–Kier alpha value is -2.05. The van der Waals surface area contributed by atoms with Crippen LogP contribution in [0.1, 0.15) is 11.6 Å². The van der Waals surface area contributed by atoms with Crippen LogP contribution in [-0.2, 0) is 0 Å². The number of nitrogens with zero attached hydrogens (tertiary/aromatic N) is 2. The Morgan fingerprint density at radius 3 is 2.40 bits per heavy atom. The normalized spacial score (nSPS) is 11.8. The van der Waals surface area contributed by atoms with Crippen LogP contribution >= 0.6 is 12.2 Å². The van der Waals surface area contributed by atoms with Gasteiger partial charge in [0.15, 0.2) is 0 Å². The lowest BCUT2D eigenvalue weighted by molar-refractivity contribution is -0.385. The molecule has 0 saturated carbocycles. The van der Waals surface area contributed by atoms with Gasteiger partial charge >= 0.3 is 0 Å². The van der Waals surface area contributed by atoms with E-state index >= 15 is 0 Å². The quantitative estimate of drug-likeness (QED) is 0.345. The van der Waals surface area contributed by atoms with Gasteiger partial charge in [0.1, 0.15) is 0 Å². The van der Waals surface area contributed by atoms with Crippen molar-refractivity contribution in [3.63, 3.8) is 0 Å². The Bertz CT molecular complexity index is 521. The van der Waals surface area contributed by atoms with E-state index < -0.39 is 11.0 Å². The number of hydrogen-bond donors (Lipinski definition) is 1. The van der Waals surface area contributed by atoms with E-state index in [4.69, 9.17) is 18.0 Å². The molecule has 0 spiro atoms. The average Bonchev–Trinajstić information content (AvgIpc) is 2.39. The molecule has 0 bridgehead atoms. The zero-order chi connectivity index (χ0) is 15.1. The number of thiocarbonyl (C=S) groups is 1. The Kier molecular flexibility index (Phi) is 6.02. The molecule has 0 radical (unpaired) electrons. The van der Waals surface area contributed by atoms with Gasteiger partial charge in [-0.2, -0.15) is 0 Å². The van der Waals surface area contributed by atoms with E-state index in [1.54, 1.807) is 30.4 Å². The molecule has 0 aliphatic rings. The first kappa shape index (κ1) is 16.0. The Labute approximate surface area is 123 Å². The van der Waals surface area contributed by atoms with Crippen LogP contribution in [0.3, 0.4) is 0 Å². The van der Waals surface area contributed by atoms with Crippen LogP contribution in [0.4, 0.5) is 5.69 Å². The fourth-order valence-corrected chi connectivity index (χ4v) is 2.31. The van der Waals surface area contributed by atoms with E-state index in [9.17, 15) is 10.1 Å². The molecular formula is C14H17N3O2S. The van der Waals surface area contributed by atoms with Gasteiger partial charge in [-0.05, 0) is 0 Å². The highest BCUT2D eigenvalue weighted by Gasteiger charge is 2.28. The summed E-state index contributed by atoms with van der Waals surface area (Å²) >= 11 is 5.09. The highest BCUT2D eigenvalue weighted by atomic mass is 32.1. The molecule has 1 rings (SSSR count). The van der Waals surface area contributed by atoms with Crippen molar-refractivity contribution in [2.75, 3.05) is 13.1 Å². The van der Waals surface area contributed by atoms with Crippen LogP contribution in [-0.4, -0.2) is 27.9 Å². The maximum atomic E-state index is 11.1. The smallest absolute Gasteiger partial charge is 0.274 e. The van der Waals surface area contributed by atoms with Gasteiger partial charge in [0.05, 0.1) is 21.5 Å². The van der Waals surface area contributed by atoms with Crippen molar-refractivity contribution in [3.05, 3.63) is 65.3 Å². The minimum Gasteiger partial charge on any atom is -0.392 e. The minimum absolute atomic E-state index is 0.00317. The van der Waals surface area contributed by atoms with E-state index in [1.807, 2.05) is 4.90 Å². The lowest BCUT2D eigenvalue weighted by Gasteiger charge is -2.29. The molecule has 0 aromatic heterocycles. The van der Waals surface area contributed by atoms with Crippen LogP contribution in [0.15, 0.2) is 49.6 Å². The molecule has 0 heterocycles. The molecule has 6 heteroatoms. The lowest BCUT2D eigenvalue weighted by Crippen LogP contribution is -2.37. The third kappa shape index (κ3) is 3.72. The fourth-order valence-electron chi connectivity index (χ4n) is 2.03. The van der Waals surface area contributed by atoms with Gasteiger partial charge in [-0.1, -0.05) is 42.6 Å². The summed E-state index contributed by atoms with van der Waals surface area (Å²) in [4.78, 5) is 12.8. The number of benzene rings is 1. The maximum absolute atomic E-state index is 11.1. The van der Waals surface area contributed by atoms with Crippen LogP contribution in [0.25, 0.3) is 0 Å². The van der Waals surface area contributed by atoms with Gasteiger partial charge in [-0.25, -0.2) is 0 Å². The SMILES string of the molecule is C=CCN(CC=C)C(C(N)=S)c1ccccc1[N+](=O)[O-]. The van der Waals surface area contributed by atoms with Gasteiger partial charge in [0.2, 0.25) is 0 Å². The first-order valence-corrected chi connectivity index (χ1v) is 6.42. The molecule has 1 unspecified atom stereocenters. The van der Waals surface area contributed by atoms with Crippen LogP contribution < -0.4 is 5.73 Å². The molecule has 20 heavy (non-hydrogen) atoms. The summed E-state index contributed by atoms with van der Waals surface area (Å²) in [6.45, 7) is 8.36. The van der Waals surface area contributed by atoms with E-state index in [0.29, 0.717) is 18.7 Å². The summed E-state index contributed by atoms with van der Waals surface area (Å²) in [6.07, 6.45) is 3.40. The monoisotopic (exact) mass is 291 g/mol. The molecule has 5 nitrogen and oxygen atoms in total. The van der Waals surface area contributed by atoms with E-state index in [0.717, 1.165) is 0 Å². The van der Waals surface area contributed by atoms with Crippen LogP contribution in [0.5, 0.6) is 0 Å². The third-order valence-electron chi connectivity index (χ3n) is 2.79. The summed E-state index contributed by atoms with van der Waals surface area (Å²) in [5.74, 6) is 0. The topological polar surface area (TPSA) is 72.4 Å². The van der Waals surface area contributed by atoms with Gasteiger partial charge in [0.25, 0.3) is 5.69 Å². The maximum Gasteiger partial charge on any atom is 0.274 e. The number of para-hydroxylation sites is 1. The van der Waals surface area contributed by atoms with Crippen LogP contribution in [0.2, 0.25) is 0 Å². The van der Waals surface area contributed by atoms with Gasteiger partial charge in [-0.15, -0.1) is 13.2 Å². The van der Waals surface area contributed by atoms with Crippen molar-refractivity contribution in [3.8, 4) is 0 Å². The number of hydrogen-bond acceptors (Lipinski definition) is 4. The van der Waals surface area contributed by atoms with Crippen molar-refractivity contribution in [2.24, 2.45) is 5.73 Å². The van der Waals surface area contributed by atoms with Crippen molar-refractivity contribution < 1.29 is 4.92 Å². The highest BCUT2D eigenvalue weighted by molar-refractivity contribution is 7.80. The highest BCUT2D eigenvalue weighted by Crippen LogP contribution is 2.29. The average molecular weight is 291 g/mol. The zero-order valence-electron chi connectivity index (χ0n) is 11.1. The minimum atomic E-state index is -0.525. The first-order chi connectivity index (χ1) is 9.52. The molecule has 0 amide bonds. The number of rotatable bonds is 8. The predicted octanol–water partition coefficient (Wildman–Crippen LogP) is 2.60. The standard InChI is InChI=1S/C14H17N3O2S/c1-3-9-16(10-4-2)13(14(15)20)11-7-5-6-8-12(11)17(18)19/h3-8,13H,1-2,9-10H2,(H2,15,20). The van der Waals surface area contributed by atoms with Gasteiger partial charge < -0.3 is 5.73 Å². The molecule has 0 saturated heterocycles. The lowest BCUT2D eigenvalue weighted by atomic mass is 10.0. The molecule has 106 valence electrons. The van der Waals surface area contributed by atoms with Crippen LogP contribution in [0, 0.1) is 10.1 Å². The number of nitro benzene ring substituents is 1. The van der Waals surface area contributed by atoms with E-state index in [-0.39, 0.29) is 10.7 Å².